The Bertz CT molecular complexity index is 2780. The van der Waals surface area contributed by atoms with E-state index in [0.717, 1.165) is 32.7 Å². The molecule has 0 aliphatic carbocycles. The monoisotopic (exact) mass is 1110 g/mol. The topological polar surface area (TPSA) is 0 Å². The third-order valence-electron chi connectivity index (χ3n) is 10.9. The van der Waals surface area contributed by atoms with Crippen molar-refractivity contribution in [2.24, 2.45) is 0 Å². The summed E-state index contributed by atoms with van der Waals surface area (Å²) in [4.78, 5) is 0. The van der Waals surface area contributed by atoms with E-state index in [4.69, 9.17) is 12.8 Å². The van der Waals surface area contributed by atoms with Gasteiger partial charge >= 0.3 is 44.8 Å². The SMILES string of the molecule is [Ag+].[Au+].[C-]#Cc1cc2ccccc2c2ccccc12.[C-]#Cc1cc2ccccc2c2ccccc12.c1ccc([PH+](CC[PH+](c2ccccc2)c2ccccc2)c2ccccc2)cc1. The van der Waals surface area contributed by atoms with E-state index in [1.54, 1.807) is 0 Å². The van der Waals surface area contributed by atoms with Crippen LogP contribution in [0.5, 0.6) is 0 Å². The Labute approximate surface area is 400 Å². The molecule has 0 heterocycles. The second kappa shape index (κ2) is 23.2. The molecule has 0 spiro atoms. The van der Waals surface area contributed by atoms with E-state index >= 15 is 0 Å². The third kappa shape index (κ3) is 11.0. The first kappa shape index (κ1) is 46.2. The van der Waals surface area contributed by atoms with Gasteiger partial charge in [-0.25, -0.2) is 0 Å². The van der Waals surface area contributed by atoms with Gasteiger partial charge in [-0.3, -0.25) is 11.8 Å². The first-order valence-corrected chi connectivity index (χ1v) is 23.7. The molecule has 306 valence electrons. The first-order valence-electron chi connectivity index (χ1n) is 20.3. The van der Waals surface area contributed by atoms with Crippen LogP contribution in [-0.2, 0) is 44.8 Å². The average molecular weight is 1110 g/mol. The summed E-state index contributed by atoms with van der Waals surface area (Å²) in [6.07, 6.45) is 17.2. The maximum absolute atomic E-state index is 7.35. The molecule has 0 saturated heterocycles. The number of rotatable bonds is 7. The van der Waals surface area contributed by atoms with Gasteiger partial charge in [-0.1, -0.05) is 181 Å². The standard InChI is InChI=1S/C26H24P2.2C16H9.Ag.Au/c1-5-13-23(14-6-1)27(24-15-7-2-8-16-24)21-22-28(25-17-9-3-10-18-25)26-19-11-4-12-20-26;2*1-2-12-11-13-7-3-4-9-15(13)16-10-6-5-8-14(12)16;;/h1-20H,21-22H2;2*3-11H;;/q;2*-1;2*+1/p+2. The minimum Gasteiger partial charge on any atom is -0.366 e. The van der Waals surface area contributed by atoms with Crippen LogP contribution in [0.15, 0.2) is 231 Å². The predicted octanol–water partition coefficient (Wildman–Crippen LogP) is 12.6. The Morgan fingerprint density at radius 3 is 0.839 bits per heavy atom. The van der Waals surface area contributed by atoms with Crippen molar-refractivity contribution < 1.29 is 44.8 Å². The van der Waals surface area contributed by atoms with Crippen LogP contribution in [0.4, 0.5) is 0 Å². The normalized spacial score (nSPS) is 10.4. The molecular weight excluding hydrogens is 1060 g/mol. The van der Waals surface area contributed by atoms with Crippen molar-refractivity contribution in [3.8, 4) is 11.8 Å². The molecule has 0 aliphatic rings. The van der Waals surface area contributed by atoms with Gasteiger partial charge in [0.15, 0.2) is 0 Å². The summed E-state index contributed by atoms with van der Waals surface area (Å²) in [5.41, 5.74) is 1.71. The van der Waals surface area contributed by atoms with E-state index in [1.807, 2.05) is 72.8 Å². The zero-order valence-electron chi connectivity index (χ0n) is 34.0. The van der Waals surface area contributed by atoms with Crippen LogP contribution in [0.1, 0.15) is 11.1 Å². The summed E-state index contributed by atoms with van der Waals surface area (Å²) in [7, 11) is -1.57. The van der Waals surface area contributed by atoms with Crippen LogP contribution in [0.3, 0.4) is 0 Å². The van der Waals surface area contributed by atoms with Crippen molar-refractivity contribution in [3.63, 3.8) is 0 Å². The molecule has 0 N–H and O–H groups in total. The van der Waals surface area contributed by atoms with Crippen molar-refractivity contribution in [2.45, 2.75) is 0 Å². The summed E-state index contributed by atoms with van der Waals surface area (Å²) in [6.45, 7) is 0. The van der Waals surface area contributed by atoms with Crippen LogP contribution < -0.4 is 21.2 Å². The molecule has 10 aromatic rings. The van der Waals surface area contributed by atoms with Crippen LogP contribution in [0.2, 0.25) is 0 Å². The van der Waals surface area contributed by atoms with Gasteiger partial charge in [0.1, 0.15) is 12.3 Å². The third-order valence-corrected chi connectivity index (χ3v) is 17.0. The number of fused-ring (bicyclic) bond motifs is 6. The van der Waals surface area contributed by atoms with E-state index < -0.39 is 15.8 Å². The number of hydrogen-bond acceptors (Lipinski definition) is 0. The molecule has 0 saturated carbocycles. The molecule has 62 heavy (non-hydrogen) atoms. The van der Waals surface area contributed by atoms with Crippen LogP contribution in [-0.4, -0.2) is 12.3 Å². The number of benzene rings is 10. The molecule has 0 amide bonds. The smallest absolute Gasteiger partial charge is 0.366 e. The van der Waals surface area contributed by atoms with Gasteiger partial charge in [-0.05, 0) is 80.8 Å². The average Bonchev–Trinajstić information content (AvgIpc) is 3.34. The molecule has 0 bridgehead atoms. The Morgan fingerprint density at radius 2 is 0.548 bits per heavy atom. The maximum atomic E-state index is 7.35. The summed E-state index contributed by atoms with van der Waals surface area (Å²) >= 11 is 0. The molecule has 0 fully saturated rings. The largest absolute Gasteiger partial charge is 1.00 e. The molecule has 0 atom stereocenters. The molecule has 0 aromatic heterocycles. The second-order valence-corrected chi connectivity index (χ2v) is 19.8. The van der Waals surface area contributed by atoms with Crippen LogP contribution in [0.25, 0.3) is 43.1 Å². The van der Waals surface area contributed by atoms with Gasteiger partial charge in [-0.2, -0.15) is 0 Å². The van der Waals surface area contributed by atoms with Crippen molar-refractivity contribution >= 4 is 80.2 Å². The fourth-order valence-corrected chi connectivity index (χ4v) is 14.2. The minimum absolute atomic E-state index is 0. The van der Waals surface area contributed by atoms with Gasteiger partial charge in [-0.15, -0.1) is 23.3 Å². The van der Waals surface area contributed by atoms with Gasteiger partial charge in [0, 0.05) is 0 Å². The summed E-state index contributed by atoms with van der Waals surface area (Å²) in [5, 5.41) is 15.4. The van der Waals surface area contributed by atoms with Gasteiger partial charge in [0.2, 0.25) is 0 Å². The number of hydrogen-bond donors (Lipinski definition) is 0. The molecule has 0 radical (unpaired) electrons. The predicted molar refractivity (Wildman–Crippen MR) is 266 cm³/mol. The second-order valence-electron chi connectivity index (χ2n) is 14.6. The van der Waals surface area contributed by atoms with Crippen molar-refractivity contribution in [2.75, 3.05) is 12.3 Å². The van der Waals surface area contributed by atoms with E-state index in [1.165, 1.54) is 55.1 Å². The fourth-order valence-electron chi connectivity index (χ4n) is 8.03. The summed E-state index contributed by atoms with van der Waals surface area (Å²) in [6, 6.07) is 81.4. The Hall–Kier alpha value is -5.30. The van der Waals surface area contributed by atoms with E-state index in [2.05, 4.69) is 170 Å². The zero-order valence-corrected chi connectivity index (χ0v) is 39.6. The molecule has 0 aliphatic heterocycles. The summed E-state index contributed by atoms with van der Waals surface area (Å²) < 4.78 is 0. The first-order chi connectivity index (χ1) is 29.7. The molecule has 0 nitrogen and oxygen atoms in total. The maximum Gasteiger partial charge on any atom is 1.00 e. The summed E-state index contributed by atoms with van der Waals surface area (Å²) in [5.74, 6) is 5.02. The fraction of sp³-hybridized carbons (Fsp3) is 0.0345. The van der Waals surface area contributed by atoms with Gasteiger partial charge < -0.3 is 12.8 Å². The van der Waals surface area contributed by atoms with Gasteiger partial charge in [0.05, 0.1) is 37.1 Å². The van der Waals surface area contributed by atoms with Crippen molar-refractivity contribution in [1.29, 1.82) is 0 Å². The van der Waals surface area contributed by atoms with E-state index in [0.29, 0.717) is 0 Å². The minimum atomic E-state index is -0.783. The molecule has 4 heteroatoms. The van der Waals surface area contributed by atoms with Crippen molar-refractivity contribution in [1.82, 2.24) is 0 Å². The van der Waals surface area contributed by atoms with E-state index in [-0.39, 0.29) is 44.8 Å². The molecule has 0 unspecified atom stereocenters. The zero-order chi connectivity index (χ0) is 40.9. The molecule has 10 aromatic carbocycles. The van der Waals surface area contributed by atoms with Crippen LogP contribution in [0, 0.1) is 24.7 Å². The molecule has 10 rings (SSSR count). The molecular formula is C58H44AgAuP2+2. The van der Waals surface area contributed by atoms with Gasteiger partial charge in [0.25, 0.3) is 0 Å². The quantitative estimate of drug-likeness (QED) is 0.0491. The van der Waals surface area contributed by atoms with Crippen molar-refractivity contribution in [3.05, 3.63) is 254 Å². The Kier molecular flexibility index (Phi) is 17.3. The van der Waals surface area contributed by atoms with E-state index in [9.17, 15) is 0 Å². The Balaban J connectivity index is 0.000000162. The Morgan fingerprint density at radius 1 is 0.306 bits per heavy atom. The van der Waals surface area contributed by atoms with Crippen LogP contribution >= 0.6 is 15.8 Å².